The lowest BCUT2D eigenvalue weighted by Crippen LogP contribution is -2.47. The molecule has 19 heavy (non-hydrogen) atoms. The maximum atomic E-state index is 12.1. The minimum absolute atomic E-state index is 0.144. The summed E-state index contributed by atoms with van der Waals surface area (Å²) in [4.78, 5) is 21.9. The third kappa shape index (κ3) is 3.88. The van der Waals surface area contributed by atoms with Crippen molar-refractivity contribution < 1.29 is 27.9 Å². The number of esters is 1. The molecule has 0 atom stereocenters. The molecule has 1 saturated heterocycles. The van der Waals surface area contributed by atoms with Gasteiger partial charge in [0.1, 0.15) is 6.54 Å². The Labute approximate surface area is 112 Å². The Morgan fingerprint density at radius 3 is 2.32 bits per heavy atom. The van der Waals surface area contributed by atoms with Crippen LogP contribution in [0.25, 0.3) is 0 Å². The van der Waals surface area contributed by atoms with Crippen LogP contribution in [0.2, 0.25) is 0 Å². The van der Waals surface area contributed by atoms with E-state index in [0.717, 1.165) is 4.31 Å². The maximum absolute atomic E-state index is 12.1. The van der Waals surface area contributed by atoms with E-state index in [-0.39, 0.29) is 32.5 Å². The third-order valence-corrected chi connectivity index (χ3v) is 5.04. The number of likely N-dealkylation sites (N-methyl/N-ethyl adjacent to an activating group) is 1. The molecule has 1 rings (SSSR count). The molecule has 1 N–H and O–H groups in total. The van der Waals surface area contributed by atoms with Gasteiger partial charge in [0.15, 0.2) is 0 Å². The summed E-state index contributed by atoms with van der Waals surface area (Å²) in [5.74, 6) is -2.05. The average Bonchev–Trinajstić information content (AvgIpc) is 2.38. The molecule has 1 aliphatic heterocycles. The number of methoxy groups -OCH3 is 1. The number of hydrogen-bond donors (Lipinski definition) is 1. The number of carboxylic acids is 1. The Hall–Kier alpha value is -1.19. The molecular formula is C10H18N2O6S. The third-order valence-electron chi connectivity index (χ3n) is 3.10. The summed E-state index contributed by atoms with van der Waals surface area (Å²) in [6.45, 7) is -0.0761. The number of carbonyl (C=O) groups excluding carboxylic acids is 1. The Kier molecular flexibility index (Phi) is 5.27. The summed E-state index contributed by atoms with van der Waals surface area (Å²) in [5, 5.41) is 8.85. The summed E-state index contributed by atoms with van der Waals surface area (Å²) in [6.07, 6.45) is 0.557. The number of rotatable bonds is 5. The zero-order valence-corrected chi connectivity index (χ0v) is 11.7. The molecule has 0 unspecified atom stereocenters. The van der Waals surface area contributed by atoms with Crippen LogP contribution in [0, 0.1) is 5.92 Å². The predicted octanol–water partition coefficient (Wildman–Crippen LogP) is -0.867. The summed E-state index contributed by atoms with van der Waals surface area (Å²) in [5.41, 5.74) is 0. The van der Waals surface area contributed by atoms with Crippen LogP contribution in [0.3, 0.4) is 0 Å². The van der Waals surface area contributed by atoms with Crippen LogP contribution in [-0.2, 0) is 24.5 Å². The van der Waals surface area contributed by atoms with Gasteiger partial charge in [-0.05, 0) is 12.8 Å². The van der Waals surface area contributed by atoms with Crippen LogP contribution in [0.4, 0.5) is 0 Å². The number of carbonyl (C=O) groups is 2. The number of carboxylic acid groups (broad SMARTS) is 1. The molecule has 0 aliphatic carbocycles. The first-order valence-electron chi connectivity index (χ1n) is 5.80. The molecular weight excluding hydrogens is 276 g/mol. The predicted molar refractivity (Wildman–Crippen MR) is 65.5 cm³/mol. The second-order valence-corrected chi connectivity index (χ2v) is 6.39. The van der Waals surface area contributed by atoms with Crippen molar-refractivity contribution in [2.24, 2.45) is 5.92 Å². The zero-order chi connectivity index (χ0) is 14.6. The molecule has 110 valence electrons. The van der Waals surface area contributed by atoms with E-state index in [1.165, 1.54) is 18.5 Å². The van der Waals surface area contributed by atoms with Crippen molar-refractivity contribution in [3.05, 3.63) is 0 Å². The first-order valence-corrected chi connectivity index (χ1v) is 7.19. The van der Waals surface area contributed by atoms with Crippen molar-refractivity contribution in [2.75, 3.05) is 33.8 Å². The van der Waals surface area contributed by atoms with Crippen molar-refractivity contribution in [2.45, 2.75) is 12.8 Å². The van der Waals surface area contributed by atoms with Gasteiger partial charge in [0.05, 0.1) is 13.0 Å². The summed E-state index contributed by atoms with van der Waals surface area (Å²) in [7, 11) is -1.27. The molecule has 0 spiro atoms. The molecule has 1 heterocycles. The van der Waals surface area contributed by atoms with Crippen LogP contribution in [0.15, 0.2) is 0 Å². The fraction of sp³-hybridized carbons (Fsp3) is 0.800. The number of ether oxygens (including phenoxy) is 1. The van der Waals surface area contributed by atoms with Crippen molar-refractivity contribution in [1.29, 1.82) is 0 Å². The highest BCUT2D eigenvalue weighted by atomic mass is 32.2. The van der Waals surface area contributed by atoms with Gasteiger partial charge in [-0.3, -0.25) is 9.59 Å². The normalized spacial score (nSPS) is 18.5. The minimum Gasteiger partial charge on any atom is -0.481 e. The molecule has 0 aromatic heterocycles. The lowest BCUT2D eigenvalue weighted by Gasteiger charge is -2.31. The Morgan fingerprint density at radius 2 is 1.89 bits per heavy atom. The standard InChI is InChI=1S/C10H18N2O6S/c1-11(7-9(13)18-2)19(16,17)12-5-3-8(4-6-12)10(14)15/h8H,3-7H2,1-2H3,(H,14,15). The number of hydrogen-bond acceptors (Lipinski definition) is 5. The topological polar surface area (TPSA) is 104 Å². The van der Waals surface area contributed by atoms with Gasteiger partial charge in [0, 0.05) is 20.1 Å². The molecule has 1 fully saturated rings. The van der Waals surface area contributed by atoms with Crippen LogP contribution in [0.1, 0.15) is 12.8 Å². The van der Waals surface area contributed by atoms with E-state index in [0.29, 0.717) is 0 Å². The second-order valence-electron chi connectivity index (χ2n) is 4.35. The number of nitrogens with zero attached hydrogens (tertiary/aromatic N) is 2. The maximum Gasteiger partial charge on any atom is 0.321 e. The molecule has 0 aromatic carbocycles. The lowest BCUT2D eigenvalue weighted by atomic mass is 9.99. The van der Waals surface area contributed by atoms with Gasteiger partial charge < -0.3 is 9.84 Å². The molecule has 1 aliphatic rings. The molecule has 0 bridgehead atoms. The van der Waals surface area contributed by atoms with E-state index < -0.39 is 28.1 Å². The first-order chi connectivity index (χ1) is 8.78. The van der Waals surface area contributed by atoms with E-state index in [2.05, 4.69) is 4.74 Å². The highest BCUT2D eigenvalue weighted by Gasteiger charge is 2.33. The second kappa shape index (κ2) is 6.31. The van der Waals surface area contributed by atoms with Gasteiger partial charge in [-0.25, -0.2) is 0 Å². The quantitative estimate of drug-likeness (QED) is 0.661. The molecule has 0 aromatic rings. The monoisotopic (exact) mass is 294 g/mol. The number of aliphatic carboxylic acids is 1. The van der Waals surface area contributed by atoms with Gasteiger partial charge in [0.25, 0.3) is 10.2 Å². The zero-order valence-electron chi connectivity index (χ0n) is 10.9. The van der Waals surface area contributed by atoms with Gasteiger partial charge in [0.2, 0.25) is 0 Å². The van der Waals surface area contributed by atoms with E-state index in [1.807, 2.05) is 0 Å². The van der Waals surface area contributed by atoms with Crippen LogP contribution in [-0.4, -0.2) is 67.9 Å². The fourth-order valence-electron chi connectivity index (χ4n) is 1.86. The van der Waals surface area contributed by atoms with Crippen molar-refractivity contribution >= 4 is 22.1 Å². The van der Waals surface area contributed by atoms with Gasteiger partial charge in [-0.15, -0.1) is 0 Å². The molecule has 0 amide bonds. The molecule has 9 heteroatoms. The Morgan fingerprint density at radius 1 is 1.37 bits per heavy atom. The Bertz CT molecular complexity index is 441. The van der Waals surface area contributed by atoms with E-state index >= 15 is 0 Å². The first kappa shape index (κ1) is 15.9. The van der Waals surface area contributed by atoms with E-state index in [4.69, 9.17) is 5.11 Å². The Balaban J connectivity index is 2.64. The van der Waals surface area contributed by atoms with Gasteiger partial charge in [-0.1, -0.05) is 0 Å². The van der Waals surface area contributed by atoms with E-state index in [1.54, 1.807) is 0 Å². The van der Waals surface area contributed by atoms with Crippen LogP contribution >= 0.6 is 0 Å². The lowest BCUT2D eigenvalue weighted by molar-refractivity contribution is -0.143. The number of piperidine rings is 1. The van der Waals surface area contributed by atoms with E-state index in [9.17, 15) is 18.0 Å². The van der Waals surface area contributed by atoms with Crippen LogP contribution in [0.5, 0.6) is 0 Å². The van der Waals surface area contributed by atoms with Crippen molar-refractivity contribution in [1.82, 2.24) is 8.61 Å². The molecule has 0 radical (unpaired) electrons. The summed E-state index contributed by atoms with van der Waals surface area (Å²) < 4.78 is 30.7. The minimum atomic E-state index is -3.74. The summed E-state index contributed by atoms with van der Waals surface area (Å²) >= 11 is 0. The molecule has 0 saturated carbocycles. The average molecular weight is 294 g/mol. The fourth-order valence-corrected chi connectivity index (χ4v) is 3.19. The SMILES string of the molecule is COC(=O)CN(C)S(=O)(=O)N1CCC(C(=O)O)CC1. The van der Waals surface area contributed by atoms with Crippen molar-refractivity contribution in [3.63, 3.8) is 0 Å². The smallest absolute Gasteiger partial charge is 0.321 e. The van der Waals surface area contributed by atoms with Gasteiger partial charge in [-0.2, -0.15) is 17.0 Å². The van der Waals surface area contributed by atoms with Crippen molar-refractivity contribution in [3.8, 4) is 0 Å². The largest absolute Gasteiger partial charge is 0.481 e. The molecule has 8 nitrogen and oxygen atoms in total. The highest BCUT2D eigenvalue weighted by Crippen LogP contribution is 2.20. The van der Waals surface area contributed by atoms with Crippen LogP contribution < -0.4 is 0 Å². The summed E-state index contributed by atoms with van der Waals surface area (Å²) in [6, 6.07) is 0. The highest BCUT2D eigenvalue weighted by molar-refractivity contribution is 7.86. The van der Waals surface area contributed by atoms with Gasteiger partial charge >= 0.3 is 11.9 Å².